The molecular weight excluding hydrogens is 492 g/mol. The fourth-order valence-corrected chi connectivity index (χ4v) is 5.40. The normalized spacial score (nSPS) is 12.6. The minimum Gasteiger partial charge on any atom is -0.361 e. The predicted molar refractivity (Wildman–Crippen MR) is 133 cm³/mol. The first-order valence-corrected chi connectivity index (χ1v) is 13.1. The smallest absolute Gasteiger partial charge is 0.261 e. The third-order valence-corrected chi connectivity index (χ3v) is 7.53. The molecule has 0 spiro atoms. The van der Waals surface area contributed by atoms with Crippen molar-refractivity contribution >= 4 is 38.6 Å². The Kier molecular flexibility index (Phi) is 8.53. The van der Waals surface area contributed by atoms with Crippen molar-refractivity contribution in [2.24, 2.45) is 17.2 Å². The average molecular weight is 521 g/mol. The van der Waals surface area contributed by atoms with Crippen LogP contribution in [-0.4, -0.2) is 44.0 Å². The van der Waals surface area contributed by atoms with Crippen molar-refractivity contribution in [3.63, 3.8) is 0 Å². The Balaban J connectivity index is 1.71. The van der Waals surface area contributed by atoms with Crippen molar-refractivity contribution in [1.82, 2.24) is 10.5 Å². The largest absolute Gasteiger partial charge is 0.361 e. The van der Waals surface area contributed by atoms with Crippen molar-refractivity contribution in [2.45, 2.75) is 43.9 Å². The minimum atomic E-state index is -4.03. The molecule has 1 atom stereocenters. The van der Waals surface area contributed by atoms with Crippen molar-refractivity contribution < 1.29 is 22.5 Å². The van der Waals surface area contributed by atoms with Gasteiger partial charge in [0.05, 0.1) is 22.3 Å². The van der Waals surface area contributed by atoms with Crippen LogP contribution in [-0.2, 0) is 14.8 Å². The highest BCUT2D eigenvalue weighted by Crippen LogP contribution is 2.29. The maximum atomic E-state index is 13.0. The molecule has 0 amide bonds. The van der Waals surface area contributed by atoms with Gasteiger partial charge >= 0.3 is 0 Å². The van der Waals surface area contributed by atoms with E-state index in [0.29, 0.717) is 24.4 Å². The molecule has 0 unspecified atom stereocenters. The number of nitrogens with zero attached hydrogens (tertiary/aromatic N) is 1. The van der Waals surface area contributed by atoms with Crippen LogP contribution < -0.4 is 27.2 Å². The molecule has 2 aromatic heterocycles. The molecule has 2 heterocycles. The van der Waals surface area contributed by atoms with E-state index in [1.54, 1.807) is 26.0 Å². The number of thiophene rings is 1. The number of ketones is 2. The lowest BCUT2D eigenvalue weighted by Gasteiger charge is -2.12. The van der Waals surface area contributed by atoms with Gasteiger partial charge in [-0.3, -0.25) is 19.6 Å². The number of aromatic nitrogens is 1. The van der Waals surface area contributed by atoms with Crippen LogP contribution in [0, 0.1) is 13.8 Å². The van der Waals surface area contributed by atoms with Crippen molar-refractivity contribution in [2.75, 3.05) is 11.3 Å². The molecule has 0 saturated heterocycles. The van der Waals surface area contributed by atoms with Crippen LogP contribution in [0.1, 0.15) is 34.0 Å². The second-order valence-corrected chi connectivity index (χ2v) is 10.5. The third kappa shape index (κ3) is 6.39. The number of benzene rings is 1. The van der Waals surface area contributed by atoms with Crippen molar-refractivity contribution in [1.29, 1.82) is 0 Å². The Bertz CT molecular complexity index is 1280. The number of hydrogen-bond donors (Lipinski definition) is 5. The monoisotopic (exact) mass is 520 g/mol. The van der Waals surface area contributed by atoms with Gasteiger partial charge in [0, 0.05) is 5.56 Å². The van der Waals surface area contributed by atoms with Crippen LogP contribution in [0.5, 0.6) is 0 Å². The predicted octanol–water partition coefficient (Wildman–Crippen LogP) is 1.47. The highest BCUT2D eigenvalue weighted by Gasteiger charge is 2.28. The highest BCUT2D eigenvalue weighted by molar-refractivity contribution is 7.92. The van der Waals surface area contributed by atoms with Gasteiger partial charge in [-0.1, -0.05) is 17.3 Å². The lowest BCUT2D eigenvalue weighted by molar-refractivity contribution is -0.116. The van der Waals surface area contributed by atoms with Crippen LogP contribution in [0.25, 0.3) is 11.1 Å². The van der Waals surface area contributed by atoms with E-state index in [-0.39, 0.29) is 21.9 Å². The molecule has 0 aliphatic carbocycles. The first-order chi connectivity index (χ1) is 16.5. The van der Waals surface area contributed by atoms with E-state index < -0.39 is 33.9 Å². The number of rotatable bonds is 12. The number of nitrogens with two attached hydrogens (primary N) is 3. The van der Waals surface area contributed by atoms with Crippen LogP contribution >= 0.6 is 11.3 Å². The Labute approximate surface area is 207 Å². The third-order valence-electron chi connectivity index (χ3n) is 5.23. The zero-order valence-electron chi connectivity index (χ0n) is 19.3. The lowest BCUT2D eigenvalue weighted by Crippen LogP contribution is -2.46. The SMILES string of the molecule is Cc1noc(C)c1-c1ccc(S(=O)(=O)Nc2ccsc2C(=O)C(=O)[C@@H](N)CCCNC(N)N)cc1. The number of carbonyl (C=O) groups is 2. The van der Waals surface area contributed by atoms with E-state index in [0.717, 1.165) is 22.5 Å². The summed E-state index contributed by atoms with van der Waals surface area (Å²) in [6, 6.07) is 6.59. The number of aryl methyl sites for hydroxylation is 2. The standard InChI is InChI=1S/C22H28N6O5S2/c1-12-18(13(2)33-27-12)14-5-7-15(8-6-14)35(31,32)28-17-9-11-34-21(17)20(30)19(29)16(23)4-3-10-26-22(24)25/h5-9,11,16,22,26,28H,3-4,10,23-25H2,1-2H3/t16-/m0/s1. The number of anilines is 1. The number of carbonyl (C=O) groups excluding carboxylic acids is 2. The summed E-state index contributed by atoms with van der Waals surface area (Å²) >= 11 is 0.960. The summed E-state index contributed by atoms with van der Waals surface area (Å²) in [5, 5.41) is 8.22. The van der Waals surface area contributed by atoms with Gasteiger partial charge in [-0.05, 0) is 62.4 Å². The first kappa shape index (κ1) is 26.7. The van der Waals surface area contributed by atoms with E-state index in [4.69, 9.17) is 21.7 Å². The van der Waals surface area contributed by atoms with E-state index in [9.17, 15) is 18.0 Å². The molecular formula is C22H28N6O5S2. The molecule has 1 aromatic carbocycles. The second-order valence-electron chi connectivity index (χ2n) is 7.91. The Morgan fingerprint density at radius 2 is 1.80 bits per heavy atom. The molecule has 0 fully saturated rings. The van der Waals surface area contributed by atoms with E-state index in [2.05, 4.69) is 15.2 Å². The number of Topliss-reactive ketones (excluding diaryl/α,β-unsaturated/α-hetero) is 2. The summed E-state index contributed by atoms with van der Waals surface area (Å²) in [6.45, 7) is 4.01. The zero-order chi connectivity index (χ0) is 25.8. The molecule has 8 N–H and O–H groups in total. The van der Waals surface area contributed by atoms with Gasteiger partial charge in [-0.15, -0.1) is 11.3 Å². The van der Waals surface area contributed by atoms with Crippen LogP contribution in [0.3, 0.4) is 0 Å². The summed E-state index contributed by atoms with van der Waals surface area (Å²) in [5.41, 5.74) is 18.9. The molecule has 35 heavy (non-hydrogen) atoms. The number of hydrogen-bond acceptors (Lipinski definition) is 11. The zero-order valence-corrected chi connectivity index (χ0v) is 20.9. The summed E-state index contributed by atoms with van der Waals surface area (Å²) < 4.78 is 33.5. The summed E-state index contributed by atoms with van der Waals surface area (Å²) in [5.74, 6) is -1.02. The van der Waals surface area contributed by atoms with E-state index in [1.807, 2.05) is 0 Å². The van der Waals surface area contributed by atoms with Gasteiger partial charge in [0.15, 0.2) is 0 Å². The lowest BCUT2D eigenvalue weighted by atomic mass is 10.0. The molecule has 0 aliphatic rings. The van der Waals surface area contributed by atoms with Gasteiger partial charge in [0.2, 0.25) is 11.6 Å². The summed E-state index contributed by atoms with van der Waals surface area (Å²) in [6.07, 6.45) is 0.0463. The van der Waals surface area contributed by atoms with Crippen LogP contribution in [0.4, 0.5) is 5.69 Å². The molecule has 0 bridgehead atoms. The Morgan fingerprint density at radius 1 is 1.11 bits per heavy atom. The van der Waals surface area contributed by atoms with E-state index >= 15 is 0 Å². The molecule has 3 rings (SSSR count). The molecule has 11 nitrogen and oxygen atoms in total. The Hall–Kier alpha value is -2.94. The van der Waals surface area contributed by atoms with Gasteiger partial charge in [-0.25, -0.2) is 8.42 Å². The van der Waals surface area contributed by atoms with Crippen molar-refractivity contribution in [3.05, 3.63) is 52.0 Å². The minimum absolute atomic E-state index is 0.00810. The molecule has 13 heteroatoms. The number of nitrogens with one attached hydrogen (secondary N) is 2. The van der Waals surface area contributed by atoms with Crippen LogP contribution in [0.2, 0.25) is 0 Å². The first-order valence-electron chi connectivity index (χ1n) is 10.7. The van der Waals surface area contributed by atoms with Gasteiger partial charge in [0.25, 0.3) is 10.0 Å². The number of sulfonamides is 1. The van der Waals surface area contributed by atoms with Crippen molar-refractivity contribution in [3.8, 4) is 11.1 Å². The summed E-state index contributed by atoms with van der Waals surface area (Å²) in [4.78, 5) is 25.2. The van der Waals surface area contributed by atoms with Crippen LogP contribution in [0.15, 0.2) is 45.1 Å². The molecule has 0 radical (unpaired) electrons. The topological polar surface area (TPSA) is 196 Å². The highest BCUT2D eigenvalue weighted by atomic mass is 32.2. The molecule has 0 saturated carbocycles. The maximum Gasteiger partial charge on any atom is 0.261 e. The van der Waals surface area contributed by atoms with Gasteiger partial charge < -0.3 is 21.7 Å². The Morgan fingerprint density at radius 3 is 2.40 bits per heavy atom. The summed E-state index contributed by atoms with van der Waals surface area (Å²) in [7, 11) is -4.03. The molecule has 0 aliphatic heterocycles. The molecule has 3 aromatic rings. The second kappa shape index (κ2) is 11.2. The van der Waals surface area contributed by atoms with Gasteiger partial charge in [0.1, 0.15) is 16.9 Å². The maximum absolute atomic E-state index is 13.0. The fourth-order valence-electron chi connectivity index (χ4n) is 3.47. The van der Waals surface area contributed by atoms with Gasteiger partial charge in [-0.2, -0.15) is 0 Å². The van der Waals surface area contributed by atoms with E-state index in [1.165, 1.54) is 23.6 Å². The average Bonchev–Trinajstić information content (AvgIpc) is 3.40. The molecule has 188 valence electrons. The quantitative estimate of drug-likeness (QED) is 0.101. The fraction of sp³-hybridized carbons (Fsp3) is 0.318.